The summed E-state index contributed by atoms with van der Waals surface area (Å²) in [5.41, 5.74) is 0.608. The fourth-order valence-electron chi connectivity index (χ4n) is 2.73. The molecule has 23 heavy (non-hydrogen) atoms. The van der Waals surface area contributed by atoms with Gasteiger partial charge in [-0.25, -0.2) is 0 Å². The highest BCUT2D eigenvalue weighted by molar-refractivity contribution is 5.93. The largest absolute Gasteiger partial charge is 0.465 e. The van der Waals surface area contributed by atoms with Gasteiger partial charge in [-0.1, -0.05) is 0 Å². The molecular weight excluding hydrogens is 294 g/mol. The van der Waals surface area contributed by atoms with Crippen LogP contribution in [0.5, 0.6) is 0 Å². The fraction of sp³-hybridized carbons (Fsp3) is 0.412. The first-order valence-corrected chi connectivity index (χ1v) is 7.80. The van der Waals surface area contributed by atoms with Gasteiger partial charge in [-0.3, -0.25) is 14.7 Å². The summed E-state index contributed by atoms with van der Waals surface area (Å²) < 4.78 is 11.2. The van der Waals surface area contributed by atoms with Gasteiger partial charge in [0.2, 0.25) is 0 Å². The summed E-state index contributed by atoms with van der Waals surface area (Å²) in [6.07, 6.45) is 3.23. The molecular formula is C17H21N3O3. The molecule has 1 unspecified atom stereocenters. The zero-order valence-electron chi connectivity index (χ0n) is 13.2. The van der Waals surface area contributed by atoms with Crippen LogP contribution in [0.25, 0.3) is 0 Å². The van der Waals surface area contributed by atoms with E-state index in [1.165, 1.54) is 0 Å². The summed E-state index contributed by atoms with van der Waals surface area (Å²) in [5, 5.41) is 2.99. The Kier molecular flexibility index (Phi) is 5.05. The van der Waals surface area contributed by atoms with Crippen molar-refractivity contribution in [3.63, 3.8) is 0 Å². The number of nitrogens with one attached hydrogen (secondary N) is 1. The second-order valence-corrected chi connectivity index (χ2v) is 5.56. The number of furan rings is 1. The van der Waals surface area contributed by atoms with Crippen LogP contribution in [0, 0.1) is 6.92 Å². The van der Waals surface area contributed by atoms with Gasteiger partial charge < -0.3 is 14.5 Å². The molecule has 0 radical (unpaired) electrons. The third kappa shape index (κ3) is 3.97. The first kappa shape index (κ1) is 15.7. The van der Waals surface area contributed by atoms with Gasteiger partial charge in [-0.15, -0.1) is 0 Å². The van der Waals surface area contributed by atoms with E-state index in [1.54, 1.807) is 24.5 Å². The molecule has 1 saturated heterocycles. The molecule has 6 nitrogen and oxygen atoms in total. The van der Waals surface area contributed by atoms with Crippen LogP contribution < -0.4 is 5.32 Å². The van der Waals surface area contributed by atoms with Crippen LogP contribution in [0.4, 0.5) is 0 Å². The third-order valence-electron chi connectivity index (χ3n) is 3.97. The van der Waals surface area contributed by atoms with Crippen LogP contribution in [0.1, 0.15) is 27.9 Å². The molecule has 1 N–H and O–H groups in total. The van der Waals surface area contributed by atoms with E-state index < -0.39 is 0 Å². The molecule has 1 aliphatic rings. The van der Waals surface area contributed by atoms with Crippen molar-refractivity contribution in [3.05, 3.63) is 53.7 Å². The van der Waals surface area contributed by atoms with Crippen molar-refractivity contribution in [2.24, 2.45) is 0 Å². The number of amides is 1. The van der Waals surface area contributed by atoms with Crippen molar-refractivity contribution in [1.82, 2.24) is 15.2 Å². The Labute approximate surface area is 135 Å². The van der Waals surface area contributed by atoms with E-state index in [0.29, 0.717) is 25.3 Å². The molecule has 3 heterocycles. The molecule has 0 aliphatic carbocycles. The number of rotatable bonds is 5. The smallest absolute Gasteiger partial charge is 0.251 e. The summed E-state index contributed by atoms with van der Waals surface area (Å²) >= 11 is 0. The minimum absolute atomic E-state index is 0.0124. The molecule has 0 aromatic carbocycles. The van der Waals surface area contributed by atoms with Gasteiger partial charge in [0.15, 0.2) is 0 Å². The lowest BCUT2D eigenvalue weighted by atomic mass is 10.1. The maximum absolute atomic E-state index is 12.3. The topological polar surface area (TPSA) is 67.6 Å². The van der Waals surface area contributed by atoms with E-state index in [9.17, 15) is 4.79 Å². The predicted molar refractivity (Wildman–Crippen MR) is 85.1 cm³/mol. The molecule has 122 valence electrons. The highest BCUT2D eigenvalue weighted by atomic mass is 16.5. The van der Waals surface area contributed by atoms with Gasteiger partial charge in [-0.05, 0) is 31.2 Å². The van der Waals surface area contributed by atoms with Gasteiger partial charge in [0.05, 0.1) is 19.3 Å². The summed E-state index contributed by atoms with van der Waals surface area (Å²) in [7, 11) is 0. The van der Waals surface area contributed by atoms with Crippen LogP contribution in [0.3, 0.4) is 0 Å². The maximum Gasteiger partial charge on any atom is 0.251 e. The molecule has 1 aliphatic heterocycles. The zero-order chi connectivity index (χ0) is 16.1. The Hall–Kier alpha value is -2.18. The Bertz CT molecular complexity index is 636. The Morgan fingerprint density at radius 3 is 2.65 bits per heavy atom. The van der Waals surface area contributed by atoms with Gasteiger partial charge in [0.1, 0.15) is 11.5 Å². The number of pyridine rings is 1. The second-order valence-electron chi connectivity index (χ2n) is 5.56. The predicted octanol–water partition coefficient (Wildman–Crippen LogP) is 1.79. The van der Waals surface area contributed by atoms with Gasteiger partial charge >= 0.3 is 0 Å². The number of hydrogen-bond donors (Lipinski definition) is 1. The average molecular weight is 315 g/mol. The van der Waals surface area contributed by atoms with Crippen molar-refractivity contribution in [3.8, 4) is 0 Å². The van der Waals surface area contributed by atoms with Crippen LogP contribution in [0.2, 0.25) is 0 Å². The molecule has 2 aromatic rings. The molecule has 6 heteroatoms. The number of aryl methyl sites for hydroxylation is 1. The minimum atomic E-state index is -0.103. The maximum atomic E-state index is 12.3. The highest BCUT2D eigenvalue weighted by Gasteiger charge is 2.25. The van der Waals surface area contributed by atoms with Crippen LogP contribution >= 0.6 is 0 Å². The molecule has 0 bridgehead atoms. The number of nitrogens with zero attached hydrogens (tertiary/aromatic N) is 2. The monoisotopic (exact) mass is 315 g/mol. The number of carbonyl (C=O) groups excluding carboxylic acids is 1. The number of aromatic nitrogens is 1. The molecule has 2 aromatic heterocycles. The van der Waals surface area contributed by atoms with Crippen molar-refractivity contribution in [2.75, 3.05) is 32.8 Å². The SMILES string of the molecule is Cc1ccc(C(CNC(=O)c2ccncc2)N2CCOCC2)o1. The standard InChI is InChI=1S/C17H21N3O3/c1-13-2-3-16(23-13)15(20-8-10-22-11-9-20)12-19-17(21)14-4-6-18-7-5-14/h2-7,15H,8-12H2,1H3,(H,19,21). The second kappa shape index (κ2) is 7.39. The van der Waals surface area contributed by atoms with Crippen molar-refractivity contribution in [2.45, 2.75) is 13.0 Å². The van der Waals surface area contributed by atoms with E-state index in [-0.39, 0.29) is 11.9 Å². The molecule has 1 amide bonds. The first-order valence-electron chi connectivity index (χ1n) is 7.80. The van der Waals surface area contributed by atoms with Gasteiger partial charge in [-0.2, -0.15) is 0 Å². The average Bonchev–Trinajstić information content (AvgIpc) is 3.03. The minimum Gasteiger partial charge on any atom is -0.465 e. The number of morpholine rings is 1. The summed E-state index contributed by atoms with van der Waals surface area (Å²) in [4.78, 5) is 18.5. The zero-order valence-corrected chi connectivity index (χ0v) is 13.2. The van der Waals surface area contributed by atoms with Crippen molar-refractivity contribution < 1.29 is 13.9 Å². The fourth-order valence-corrected chi connectivity index (χ4v) is 2.73. The molecule has 1 fully saturated rings. The Morgan fingerprint density at radius 2 is 2.00 bits per heavy atom. The molecule has 0 spiro atoms. The molecule has 0 saturated carbocycles. The lowest BCUT2D eigenvalue weighted by Crippen LogP contribution is -2.43. The van der Waals surface area contributed by atoms with E-state index >= 15 is 0 Å². The van der Waals surface area contributed by atoms with Crippen LogP contribution in [0.15, 0.2) is 41.1 Å². The molecule has 3 rings (SSSR count). The molecule has 1 atom stereocenters. The summed E-state index contributed by atoms with van der Waals surface area (Å²) in [5.74, 6) is 1.65. The first-order chi connectivity index (χ1) is 11.2. The number of hydrogen-bond acceptors (Lipinski definition) is 5. The number of carbonyl (C=O) groups is 1. The van der Waals surface area contributed by atoms with Crippen molar-refractivity contribution >= 4 is 5.91 Å². The van der Waals surface area contributed by atoms with E-state index in [1.807, 2.05) is 19.1 Å². The van der Waals surface area contributed by atoms with Gasteiger partial charge in [0.25, 0.3) is 5.91 Å². The quantitative estimate of drug-likeness (QED) is 0.911. The van der Waals surface area contributed by atoms with Crippen LogP contribution in [-0.4, -0.2) is 48.6 Å². The summed E-state index contributed by atoms with van der Waals surface area (Å²) in [6.45, 7) is 5.48. The van der Waals surface area contributed by atoms with Gasteiger partial charge in [0, 0.05) is 37.6 Å². The normalized spacial score (nSPS) is 16.9. The van der Waals surface area contributed by atoms with E-state index in [4.69, 9.17) is 9.15 Å². The summed E-state index contributed by atoms with van der Waals surface area (Å²) in [6, 6.07) is 7.35. The lowest BCUT2D eigenvalue weighted by Gasteiger charge is -2.33. The lowest BCUT2D eigenvalue weighted by molar-refractivity contribution is 0.0117. The van der Waals surface area contributed by atoms with E-state index in [2.05, 4.69) is 15.2 Å². The Balaban J connectivity index is 1.69. The van der Waals surface area contributed by atoms with Crippen molar-refractivity contribution in [1.29, 1.82) is 0 Å². The van der Waals surface area contributed by atoms with E-state index in [0.717, 1.165) is 24.6 Å². The number of ether oxygens (including phenoxy) is 1. The van der Waals surface area contributed by atoms with Crippen LogP contribution in [-0.2, 0) is 4.74 Å². The Morgan fingerprint density at radius 1 is 1.26 bits per heavy atom. The third-order valence-corrected chi connectivity index (χ3v) is 3.97. The highest BCUT2D eigenvalue weighted by Crippen LogP contribution is 2.23.